The summed E-state index contributed by atoms with van der Waals surface area (Å²) >= 11 is 3.53. The summed E-state index contributed by atoms with van der Waals surface area (Å²) in [5, 5.41) is 7.26. The highest BCUT2D eigenvalue weighted by atomic mass is 79.9. The Bertz CT molecular complexity index is 572. The van der Waals surface area contributed by atoms with Gasteiger partial charge in [-0.3, -0.25) is 0 Å². The minimum absolute atomic E-state index is 0.356. The Labute approximate surface area is 132 Å². The topological polar surface area (TPSA) is 56.5 Å². The maximum atomic E-state index is 5.89. The zero-order chi connectivity index (χ0) is 15.1. The van der Waals surface area contributed by atoms with E-state index >= 15 is 0 Å². The Morgan fingerprint density at radius 1 is 1.33 bits per heavy atom. The van der Waals surface area contributed by atoms with E-state index in [1.165, 1.54) is 0 Å². The van der Waals surface area contributed by atoms with Crippen LogP contribution in [0.4, 0.5) is 0 Å². The Morgan fingerprint density at radius 3 is 2.95 bits per heavy atom. The summed E-state index contributed by atoms with van der Waals surface area (Å²) < 4.78 is 17.0. The number of ether oxygens (including phenoxy) is 2. The largest absolute Gasteiger partial charge is 0.486 e. The number of halogens is 1. The summed E-state index contributed by atoms with van der Waals surface area (Å²) in [6.45, 7) is 4.52. The van der Waals surface area contributed by atoms with E-state index in [-0.39, 0.29) is 0 Å². The highest BCUT2D eigenvalue weighted by Gasteiger charge is 2.10. The number of benzene rings is 1. The molecule has 0 unspecified atom stereocenters. The van der Waals surface area contributed by atoms with Gasteiger partial charge in [0, 0.05) is 25.3 Å². The molecule has 6 heteroatoms. The number of para-hydroxylation sites is 1. The van der Waals surface area contributed by atoms with Crippen LogP contribution in [0.1, 0.15) is 23.9 Å². The van der Waals surface area contributed by atoms with Gasteiger partial charge in [0.15, 0.2) is 5.76 Å². The average Bonchev–Trinajstić information content (AvgIpc) is 2.92. The minimum Gasteiger partial charge on any atom is -0.486 e. The van der Waals surface area contributed by atoms with Gasteiger partial charge in [-0.2, -0.15) is 0 Å². The van der Waals surface area contributed by atoms with Gasteiger partial charge in [-0.15, -0.1) is 0 Å². The molecular formula is C15H19BrN2O3. The molecular weight excluding hydrogens is 336 g/mol. The number of hydrogen-bond acceptors (Lipinski definition) is 5. The van der Waals surface area contributed by atoms with Crippen LogP contribution in [0, 0.1) is 0 Å². The standard InChI is InChI=1S/C15H19BrN2O3/c1-3-17-8-11-5-4-6-14(16)15(11)20-9-12-7-13(10-19-2)21-18-12/h4-7,17H,3,8-10H2,1-2H3. The lowest BCUT2D eigenvalue weighted by Crippen LogP contribution is -2.13. The SMILES string of the molecule is CCNCc1cccc(Br)c1OCc1cc(COC)on1. The number of hydrogen-bond donors (Lipinski definition) is 1. The van der Waals surface area contributed by atoms with Crippen molar-refractivity contribution in [2.24, 2.45) is 0 Å². The molecule has 0 aliphatic carbocycles. The van der Waals surface area contributed by atoms with Crippen LogP contribution >= 0.6 is 15.9 Å². The fraction of sp³-hybridized carbons (Fsp3) is 0.400. The van der Waals surface area contributed by atoms with Crippen molar-refractivity contribution in [2.45, 2.75) is 26.7 Å². The van der Waals surface area contributed by atoms with Crippen molar-refractivity contribution in [2.75, 3.05) is 13.7 Å². The zero-order valence-corrected chi connectivity index (χ0v) is 13.8. The molecule has 0 saturated carbocycles. The van der Waals surface area contributed by atoms with Crippen LogP contribution in [-0.4, -0.2) is 18.8 Å². The smallest absolute Gasteiger partial charge is 0.162 e. The lowest BCUT2D eigenvalue weighted by Gasteiger charge is -2.12. The van der Waals surface area contributed by atoms with Gasteiger partial charge in [0.05, 0.1) is 4.47 Å². The van der Waals surface area contributed by atoms with Crippen molar-refractivity contribution in [3.8, 4) is 5.75 Å². The molecule has 21 heavy (non-hydrogen) atoms. The summed E-state index contributed by atoms with van der Waals surface area (Å²) in [5.74, 6) is 1.52. The molecule has 0 radical (unpaired) electrons. The number of aromatic nitrogens is 1. The van der Waals surface area contributed by atoms with E-state index in [4.69, 9.17) is 14.0 Å². The van der Waals surface area contributed by atoms with E-state index in [0.717, 1.165) is 34.6 Å². The van der Waals surface area contributed by atoms with Crippen molar-refractivity contribution < 1.29 is 14.0 Å². The van der Waals surface area contributed by atoms with Crippen LogP contribution in [0.5, 0.6) is 5.75 Å². The molecule has 0 atom stereocenters. The molecule has 1 aromatic carbocycles. The van der Waals surface area contributed by atoms with E-state index in [2.05, 4.69) is 33.3 Å². The third kappa shape index (κ3) is 4.56. The van der Waals surface area contributed by atoms with Crippen molar-refractivity contribution in [3.63, 3.8) is 0 Å². The normalized spacial score (nSPS) is 10.8. The number of nitrogens with zero attached hydrogens (tertiary/aromatic N) is 1. The van der Waals surface area contributed by atoms with Gasteiger partial charge in [0.25, 0.3) is 0 Å². The van der Waals surface area contributed by atoms with Gasteiger partial charge in [-0.05, 0) is 28.5 Å². The highest BCUT2D eigenvalue weighted by molar-refractivity contribution is 9.10. The first kappa shape index (κ1) is 16.0. The molecule has 5 nitrogen and oxygen atoms in total. The van der Waals surface area contributed by atoms with Crippen molar-refractivity contribution >= 4 is 15.9 Å². The first-order chi connectivity index (χ1) is 10.2. The van der Waals surface area contributed by atoms with Crippen molar-refractivity contribution in [1.29, 1.82) is 0 Å². The number of methoxy groups -OCH3 is 1. The van der Waals surface area contributed by atoms with Crippen LogP contribution in [0.25, 0.3) is 0 Å². The molecule has 0 spiro atoms. The van der Waals surface area contributed by atoms with E-state index in [9.17, 15) is 0 Å². The van der Waals surface area contributed by atoms with Gasteiger partial charge in [0.1, 0.15) is 24.7 Å². The number of rotatable bonds is 8. The second-order valence-corrected chi connectivity index (χ2v) is 5.37. The molecule has 0 fully saturated rings. The summed E-state index contributed by atoms with van der Waals surface area (Å²) in [5.41, 5.74) is 1.85. The fourth-order valence-electron chi connectivity index (χ4n) is 1.89. The van der Waals surface area contributed by atoms with Gasteiger partial charge in [-0.25, -0.2) is 0 Å². The zero-order valence-electron chi connectivity index (χ0n) is 12.2. The quantitative estimate of drug-likeness (QED) is 0.788. The summed E-state index contributed by atoms with van der Waals surface area (Å²) in [7, 11) is 1.62. The highest BCUT2D eigenvalue weighted by Crippen LogP contribution is 2.29. The first-order valence-electron chi connectivity index (χ1n) is 6.79. The van der Waals surface area contributed by atoms with E-state index < -0.39 is 0 Å². The maximum Gasteiger partial charge on any atom is 0.162 e. The Hall–Kier alpha value is -1.37. The van der Waals surface area contributed by atoms with Crippen LogP contribution < -0.4 is 10.1 Å². The second-order valence-electron chi connectivity index (χ2n) is 4.51. The first-order valence-corrected chi connectivity index (χ1v) is 7.58. The minimum atomic E-state index is 0.356. The Balaban J connectivity index is 2.04. The van der Waals surface area contributed by atoms with E-state index in [1.54, 1.807) is 7.11 Å². The molecule has 114 valence electrons. The molecule has 1 aromatic heterocycles. The molecule has 2 rings (SSSR count). The molecule has 0 aliphatic rings. The van der Waals surface area contributed by atoms with Crippen LogP contribution in [0.15, 0.2) is 33.3 Å². The summed E-state index contributed by atoms with van der Waals surface area (Å²) in [4.78, 5) is 0. The second kappa shape index (κ2) is 8.17. The average molecular weight is 355 g/mol. The van der Waals surface area contributed by atoms with Gasteiger partial charge in [-0.1, -0.05) is 24.2 Å². The molecule has 0 saturated heterocycles. The number of nitrogens with one attached hydrogen (secondary N) is 1. The van der Waals surface area contributed by atoms with Gasteiger partial charge < -0.3 is 19.3 Å². The fourth-order valence-corrected chi connectivity index (χ4v) is 2.42. The van der Waals surface area contributed by atoms with Crippen molar-refractivity contribution in [1.82, 2.24) is 10.5 Å². The molecule has 1 N–H and O–H groups in total. The van der Waals surface area contributed by atoms with Crippen LogP contribution in [-0.2, 0) is 24.5 Å². The molecule has 1 heterocycles. The third-order valence-electron chi connectivity index (χ3n) is 2.87. The molecule has 0 aliphatic heterocycles. The lowest BCUT2D eigenvalue weighted by molar-refractivity contribution is 0.155. The summed E-state index contributed by atoms with van der Waals surface area (Å²) in [6, 6.07) is 7.84. The van der Waals surface area contributed by atoms with E-state index in [1.807, 2.05) is 24.3 Å². The maximum absolute atomic E-state index is 5.89. The van der Waals surface area contributed by atoms with Crippen LogP contribution in [0.2, 0.25) is 0 Å². The lowest BCUT2D eigenvalue weighted by atomic mass is 10.2. The van der Waals surface area contributed by atoms with Crippen LogP contribution in [0.3, 0.4) is 0 Å². The molecule has 0 bridgehead atoms. The monoisotopic (exact) mass is 354 g/mol. The Morgan fingerprint density at radius 2 is 2.19 bits per heavy atom. The third-order valence-corrected chi connectivity index (χ3v) is 3.50. The molecule has 2 aromatic rings. The Kier molecular flexibility index (Phi) is 6.22. The van der Waals surface area contributed by atoms with Gasteiger partial charge in [0.2, 0.25) is 0 Å². The molecule has 0 amide bonds. The predicted molar refractivity (Wildman–Crippen MR) is 83.1 cm³/mol. The van der Waals surface area contributed by atoms with Gasteiger partial charge >= 0.3 is 0 Å². The predicted octanol–water partition coefficient (Wildman–Crippen LogP) is 3.27. The summed E-state index contributed by atoms with van der Waals surface area (Å²) in [6.07, 6.45) is 0. The van der Waals surface area contributed by atoms with E-state index in [0.29, 0.717) is 19.0 Å². The van der Waals surface area contributed by atoms with Crippen molar-refractivity contribution in [3.05, 3.63) is 45.8 Å².